The van der Waals surface area contributed by atoms with Gasteiger partial charge in [-0.1, -0.05) is 38.3 Å². The molecule has 7 heteroatoms. The Labute approximate surface area is 155 Å². The summed E-state index contributed by atoms with van der Waals surface area (Å²) in [6.07, 6.45) is 4.85. The van der Waals surface area contributed by atoms with Crippen molar-refractivity contribution in [2.45, 2.75) is 46.1 Å². The highest BCUT2D eigenvalue weighted by atomic mass is 127. The summed E-state index contributed by atoms with van der Waals surface area (Å²) in [7, 11) is 0. The van der Waals surface area contributed by atoms with E-state index in [0.717, 1.165) is 31.0 Å². The Bertz CT molecular complexity index is 477. The molecule has 0 spiro atoms. The normalized spacial score (nSPS) is 10.8. The van der Waals surface area contributed by atoms with Gasteiger partial charge >= 0.3 is 0 Å². The second-order valence-corrected chi connectivity index (χ2v) is 5.11. The number of nitro benzene ring substituents is 1. The number of benzene rings is 1. The predicted octanol–water partition coefficient (Wildman–Crippen LogP) is 3.85. The Morgan fingerprint density at radius 3 is 2.39 bits per heavy atom. The molecule has 0 aliphatic carbocycles. The van der Waals surface area contributed by atoms with E-state index in [9.17, 15) is 10.1 Å². The van der Waals surface area contributed by atoms with Crippen LogP contribution in [0.2, 0.25) is 0 Å². The maximum absolute atomic E-state index is 10.6. The summed E-state index contributed by atoms with van der Waals surface area (Å²) in [5.74, 6) is 0.789. The largest absolute Gasteiger partial charge is 0.357 e. The molecule has 0 aliphatic heterocycles. The van der Waals surface area contributed by atoms with E-state index in [1.807, 2.05) is 6.92 Å². The summed E-state index contributed by atoms with van der Waals surface area (Å²) in [5.41, 5.74) is 1.06. The summed E-state index contributed by atoms with van der Waals surface area (Å²) in [6.45, 7) is 6.44. The third kappa shape index (κ3) is 9.37. The molecule has 0 bridgehead atoms. The van der Waals surface area contributed by atoms with Gasteiger partial charge in [0.05, 0.1) is 11.5 Å². The van der Waals surface area contributed by atoms with Crippen molar-refractivity contribution in [3.63, 3.8) is 0 Å². The Morgan fingerprint density at radius 1 is 1.13 bits per heavy atom. The van der Waals surface area contributed by atoms with Gasteiger partial charge in [-0.05, 0) is 18.9 Å². The van der Waals surface area contributed by atoms with Crippen LogP contribution < -0.4 is 10.6 Å². The highest BCUT2D eigenvalue weighted by molar-refractivity contribution is 14.0. The van der Waals surface area contributed by atoms with E-state index in [4.69, 9.17) is 0 Å². The molecular formula is C16H27IN4O2. The number of nitrogens with one attached hydrogen (secondary N) is 2. The number of aliphatic imine (C=N–C) groups is 1. The first-order valence-corrected chi connectivity index (χ1v) is 7.92. The van der Waals surface area contributed by atoms with E-state index in [1.54, 1.807) is 12.1 Å². The lowest BCUT2D eigenvalue weighted by Gasteiger charge is -2.11. The molecule has 1 aromatic carbocycles. The summed E-state index contributed by atoms with van der Waals surface area (Å²) in [6, 6.07) is 6.50. The minimum absolute atomic E-state index is 0. The molecule has 0 fully saturated rings. The van der Waals surface area contributed by atoms with Crippen LogP contribution >= 0.6 is 24.0 Å². The third-order valence-electron chi connectivity index (χ3n) is 3.23. The van der Waals surface area contributed by atoms with E-state index in [1.165, 1.54) is 31.4 Å². The number of nitro groups is 1. The van der Waals surface area contributed by atoms with Gasteiger partial charge in [0, 0.05) is 25.2 Å². The topological polar surface area (TPSA) is 79.6 Å². The minimum atomic E-state index is -0.394. The zero-order chi connectivity index (χ0) is 16.2. The summed E-state index contributed by atoms with van der Waals surface area (Å²) in [4.78, 5) is 14.7. The highest BCUT2D eigenvalue weighted by Crippen LogP contribution is 2.12. The van der Waals surface area contributed by atoms with Gasteiger partial charge in [0.2, 0.25) is 0 Å². The number of unbranched alkanes of at least 4 members (excludes halogenated alkanes) is 3. The van der Waals surface area contributed by atoms with Crippen molar-refractivity contribution in [2.24, 2.45) is 4.99 Å². The van der Waals surface area contributed by atoms with E-state index in [2.05, 4.69) is 22.5 Å². The van der Waals surface area contributed by atoms with Gasteiger partial charge in [0.25, 0.3) is 5.69 Å². The molecule has 0 saturated carbocycles. The van der Waals surface area contributed by atoms with Gasteiger partial charge in [0.15, 0.2) is 5.96 Å². The molecule has 0 amide bonds. The molecule has 0 atom stereocenters. The Hall–Kier alpha value is -1.38. The standard InChI is InChI=1S/C16H26N4O2.HI/c1-3-5-6-7-12-18-16(17-4-2)19-13-14-8-10-15(11-9-14)20(21)22;/h8-11H,3-7,12-13H2,1-2H3,(H2,17,18,19);1H. The van der Waals surface area contributed by atoms with Crippen LogP contribution in [0.3, 0.4) is 0 Å². The second kappa shape index (κ2) is 13.1. The number of hydrogen-bond donors (Lipinski definition) is 2. The molecule has 0 aliphatic rings. The lowest BCUT2D eigenvalue weighted by Crippen LogP contribution is -2.37. The molecular weight excluding hydrogens is 407 g/mol. The zero-order valence-corrected chi connectivity index (χ0v) is 16.2. The molecule has 0 aromatic heterocycles. The highest BCUT2D eigenvalue weighted by Gasteiger charge is 2.03. The van der Waals surface area contributed by atoms with E-state index >= 15 is 0 Å². The molecule has 2 N–H and O–H groups in total. The number of guanidine groups is 1. The SMILES string of the molecule is CCCCCCNC(=NCc1ccc([N+](=O)[O-])cc1)NCC.I. The van der Waals surface area contributed by atoms with Crippen molar-refractivity contribution < 1.29 is 4.92 Å². The average molecular weight is 434 g/mol. The van der Waals surface area contributed by atoms with Crippen molar-refractivity contribution in [3.8, 4) is 0 Å². The summed E-state index contributed by atoms with van der Waals surface area (Å²) < 4.78 is 0. The van der Waals surface area contributed by atoms with Crippen molar-refractivity contribution >= 4 is 35.6 Å². The zero-order valence-electron chi connectivity index (χ0n) is 13.9. The molecule has 1 aromatic rings. The van der Waals surface area contributed by atoms with E-state index in [0.29, 0.717) is 6.54 Å². The Balaban J connectivity index is 0.00000484. The lowest BCUT2D eigenvalue weighted by atomic mass is 10.2. The quantitative estimate of drug-likeness (QED) is 0.155. The number of nitrogens with zero attached hydrogens (tertiary/aromatic N) is 2. The van der Waals surface area contributed by atoms with Crippen LogP contribution in [0.15, 0.2) is 29.3 Å². The molecule has 23 heavy (non-hydrogen) atoms. The summed E-state index contributed by atoms with van der Waals surface area (Å²) >= 11 is 0. The van der Waals surface area contributed by atoms with Crippen LogP contribution in [-0.4, -0.2) is 24.0 Å². The lowest BCUT2D eigenvalue weighted by molar-refractivity contribution is -0.384. The van der Waals surface area contributed by atoms with Gasteiger partial charge in [0.1, 0.15) is 0 Å². The molecule has 0 radical (unpaired) electrons. The van der Waals surface area contributed by atoms with Gasteiger partial charge in [-0.25, -0.2) is 4.99 Å². The second-order valence-electron chi connectivity index (χ2n) is 5.11. The van der Waals surface area contributed by atoms with Crippen LogP contribution in [0.25, 0.3) is 0 Å². The van der Waals surface area contributed by atoms with Crippen molar-refractivity contribution in [2.75, 3.05) is 13.1 Å². The fourth-order valence-corrected chi connectivity index (χ4v) is 1.99. The first kappa shape index (κ1) is 21.6. The van der Waals surface area contributed by atoms with Crippen molar-refractivity contribution in [1.82, 2.24) is 10.6 Å². The Kier molecular flexibility index (Phi) is 12.3. The van der Waals surface area contributed by atoms with Gasteiger partial charge < -0.3 is 10.6 Å². The average Bonchev–Trinajstić information content (AvgIpc) is 2.52. The number of non-ortho nitro benzene ring substituents is 1. The number of halogens is 1. The Morgan fingerprint density at radius 2 is 1.83 bits per heavy atom. The molecule has 6 nitrogen and oxygen atoms in total. The minimum Gasteiger partial charge on any atom is -0.357 e. The van der Waals surface area contributed by atoms with Crippen LogP contribution in [0.5, 0.6) is 0 Å². The molecule has 130 valence electrons. The van der Waals surface area contributed by atoms with Crippen LogP contribution in [0, 0.1) is 10.1 Å². The van der Waals surface area contributed by atoms with Crippen LogP contribution in [0.4, 0.5) is 5.69 Å². The maximum Gasteiger partial charge on any atom is 0.269 e. The first-order valence-electron chi connectivity index (χ1n) is 7.92. The fraction of sp³-hybridized carbons (Fsp3) is 0.562. The van der Waals surface area contributed by atoms with Gasteiger partial charge in [-0.3, -0.25) is 10.1 Å². The van der Waals surface area contributed by atoms with Crippen LogP contribution in [-0.2, 0) is 6.54 Å². The van der Waals surface area contributed by atoms with E-state index < -0.39 is 4.92 Å². The predicted molar refractivity (Wildman–Crippen MR) is 105 cm³/mol. The maximum atomic E-state index is 10.6. The fourth-order valence-electron chi connectivity index (χ4n) is 1.99. The third-order valence-corrected chi connectivity index (χ3v) is 3.23. The van der Waals surface area contributed by atoms with E-state index in [-0.39, 0.29) is 29.7 Å². The van der Waals surface area contributed by atoms with Gasteiger partial charge in [-0.15, -0.1) is 24.0 Å². The van der Waals surface area contributed by atoms with Crippen molar-refractivity contribution in [1.29, 1.82) is 0 Å². The number of rotatable bonds is 9. The molecule has 0 heterocycles. The number of hydrogen-bond acceptors (Lipinski definition) is 3. The summed E-state index contributed by atoms with van der Waals surface area (Å²) in [5, 5.41) is 17.1. The first-order chi connectivity index (χ1) is 10.7. The van der Waals surface area contributed by atoms with Gasteiger partial charge in [-0.2, -0.15) is 0 Å². The molecule has 0 unspecified atom stereocenters. The molecule has 1 rings (SSSR count). The van der Waals surface area contributed by atoms with Crippen LogP contribution in [0.1, 0.15) is 45.1 Å². The smallest absolute Gasteiger partial charge is 0.269 e. The monoisotopic (exact) mass is 434 g/mol. The van der Waals surface area contributed by atoms with Crippen molar-refractivity contribution in [3.05, 3.63) is 39.9 Å². The molecule has 0 saturated heterocycles.